The Labute approximate surface area is 135 Å². The van der Waals surface area contributed by atoms with Gasteiger partial charge in [-0.05, 0) is 33.6 Å². The Kier molecular flexibility index (Phi) is 5.93. The first-order chi connectivity index (χ1) is 9.92. The van der Waals surface area contributed by atoms with Crippen LogP contribution in [0.4, 0.5) is 4.79 Å². The summed E-state index contributed by atoms with van der Waals surface area (Å²) in [5.74, 6) is 0. The molecule has 1 aromatic heterocycles. The molecular weight excluding hydrogens is 304 g/mol. The van der Waals surface area contributed by atoms with Crippen LogP contribution < -0.4 is 5.32 Å². The van der Waals surface area contributed by atoms with E-state index in [0.29, 0.717) is 6.54 Å². The molecule has 2 rings (SSSR count). The third-order valence-corrected chi connectivity index (χ3v) is 5.62. The predicted octanol–water partition coefficient (Wildman–Crippen LogP) is 4.59. The standard InChI is InChI=1S/C15H24N2O2S2/c1-15(2,3)19-14(18)17-9-12-16-10-13(21-12)20-11-7-5-4-6-8-11/h10-11H,4-9H2,1-3H3,(H,17,18). The molecule has 118 valence electrons. The number of thiazole rings is 1. The van der Waals surface area contributed by atoms with Gasteiger partial charge < -0.3 is 10.1 Å². The smallest absolute Gasteiger partial charge is 0.408 e. The molecule has 0 bridgehead atoms. The second-order valence-corrected chi connectivity index (χ2v) is 9.02. The minimum atomic E-state index is -0.463. The number of nitrogens with zero attached hydrogens (tertiary/aromatic N) is 1. The number of amides is 1. The SMILES string of the molecule is CC(C)(C)OC(=O)NCc1ncc(SC2CCCCC2)s1. The van der Waals surface area contributed by atoms with Crippen LogP contribution in [0, 0.1) is 0 Å². The number of carbonyl (C=O) groups is 1. The van der Waals surface area contributed by atoms with Gasteiger partial charge >= 0.3 is 6.09 Å². The lowest BCUT2D eigenvalue weighted by Crippen LogP contribution is -2.32. The second kappa shape index (κ2) is 7.49. The number of rotatable bonds is 4. The molecule has 4 nitrogen and oxygen atoms in total. The zero-order valence-corrected chi connectivity index (χ0v) is 14.6. The van der Waals surface area contributed by atoms with Crippen molar-refractivity contribution in [2.75, 3.05) is 0 Å². The molecule has 1 aliphatic carbocycles. The van der Waals surface area contributed by atoms with E-state index in [1.807, 2.05) is 38.7 Å². The van der Waals surface area contributed by atoms with Crippen molar-refractivity contribution in [3.8, 4) is 0 Å². The second-order valence-electron chi connectivity index (χ2n) is 6.31. The van der Waals surface area contributed by atoms with Crippen molar-refractivity contribution in [2.45, 2.75) is 74.5 Å². The number of ether oxygens (including phenoxy) is 1. The Hall–Kier alpha value is -0.750. The van der Waals surface area contributed by atoms with Gasteiger partial charge in [-0.3, -0.25) is 0 Å². The number of carbonyl (C=O) groups excluding carboxylic acids is 1. The zero-order valence-electron chi connectivity index (χ0n) is 13.0. The van der Waals surface area contributed by atoms with E-state index in [4.69, 9.17) is 4.74 Å². The highest BCUT2D eigenvalue weighted by atomic mass is 32.2. The van der Waals surface area contributed by atoms with Crippen molar-refractivity contribution in [3.63, 3.8) is 0 Å². The lowest BCUT2D eigenvalue weighted by atomic mass is 10.0. The van der Waals surface area contributed by atoms with Crippen LogP contribution in [0.25, 0.3) is 0 Å². The van der Waals surface area contributed by atoms with Gasteiger partial charge in [0.05, 0.1) is 17.0 Å². The highest BCUT2D eigenvalue weighted by Crippen LogP contribution is 2.36. The topological polar surface area (TPSA) is 51.2 Å². The van der Waals surface area contributed by atoms with Gasteiger partial charge in [0.2, 0.25) is 0 Å². The Morgan fingerprint density at radius 2 is 2.14 bits per heavy atom. The molecule has 0 atom stereocenters. The first kappa shape index (κ1) is 16.6. The number of nitrogens with one attached hydrogen (secondary N) is 1. The maximum atomic E-state index is 11.6. The normalized spacial score (nSPS) is 16.7. The van der Waals surface area contributed by atoms with Crippen LogP contribution >= 0.6 is 23.1 Å². The van der Waals surface area contributed by atoms with Gasteiger partial charge in [0.1, 0.15) is 10.6 Å². The van der Waals surface area contributed by atoms with E-state index in [9.17, 15) is 4.79 Å². The molecular formula is C15H24N2O2S2. The van der Waals surface area contributed by atoms with E-state index in [1.54, 1.807) is 11.3 Å². The average Bonchev–Trinajstić information content (AvgIpc) is 2.83. The molecule has 1 fully saturated rings. The summed E-state index contributed by atoms with van der Waals surface area (Å²) in [6, 6.07) is 0. The van der Waals surface area contributed by atoms with Crippen molar-refractivity contribution in [3.05, 3.63) is 11.2 Å². The van der Waals surface area contributed by atoms with Gasteiger partial charge in [-0.1, -0.05) is 19.3 Å². The lowest BCUT2D eigenvalue weighted by molar-refractivity contribution is 0.0523. The summed E-state index contributed by atoms with van der Waals surface area (Å²) in [5.41, 5.74) is -0.463. The van der Waals surface area contributed by atoms with E-state index in [0.717, 1.165) is 10.3 Å². The Balaban J connectivity index is 1.76. The summed E-state index contributed by atoms with van der Waals surface area (Å²) in [5, 5.41) is 4.42. The number of alkyl carbamates (subject to hydrolysis) is 1. The molecule has 21 heavy (non-hydrogen) atoms. The molecule has 1 aliphatic rings. The van der Waals surface area contributed by atoms with Crippen molar-refractivity contribution in [1.82, 2.24) is 10.3 Å². The van der Waals surface area contributed by atoms with Gasteiger partial charge in [-0.15, -0.1) is 23.1 Å². The molecule has 1 heterocycles. The van der Waals surface area contributed by atoms with E-state index < -0.39 is 5.60 Å². The van der Waals surface area contributed by atoms with Crippen LogP contribution in [-0.2, 0) is 11.3 Å². The van der Waals surface area contributed by atoms with Crippen LogP contribution in [0.3, 0.4) is 0 Å². The molecule has 1 aromatic rings. The summed E-state index contributed by atoms with van der Waals surface area (Å²) < 4.78 is 6.46. The maximum absolute atomic E-state index is 11.6. The monoisotopic (exact) mass is 328 g/mol. The number of thioether (sulfide) groups is 1. The van der Waals surface area contributed by atoms with Gasteiger partial charge in [0, 0.05) is 5.25 Å². The predicted molar refractivity (Wildman–Crippen MR) is 87.9 cm³/mol. The molecule has 0 unspecified atom stereocenters. The van der Waals surface area contributed by atoms with Crippen LogP contribution in [0.1, 0.15) is 57.9 Å². The molecule has 0 aromatic carbocycles. The number of hydrogen-bond donors (Lipinski definition) is 1. The van der Waals surface area contributed by atoms with Crippen molar-refractivity contribution >= 4 is 29.2 Å². The third kappa shape index (κ3) is 6.26. The fourth-order valence-electron chi connectivity index (χ4n) is 2.24. The molecule has 1 saturated carbocycles. The van der Waals surface area contributed by atoms with Gasteiger partial charge in [0.15, 0.2) is 0 Å². The van der Waals surface area contributed by atoms with Crippen LogP contribution in [0.15, 0.2) is 10.4 Å². The molecule has 0 aliphatic heterocycles. The minimum Gasteiger partial charge on any atom is -0.444 e. The quantitative estimate of drug-likeness (QED) is 0.878. The molecule has 0 spiro atoms. The molecule has 1 amide bonds. The summed E-state index contributed by atoms with van der Waals surface area (Å²) in [6.45, 7) is 6.00. The minimum absolute atomic E-state index is 0.390. The van der Waals surface area contributed by atoms with E-state index in [2.05, 4.69) is 10.3 Å². The van der Waals surface area contributed by atoms with Crippen LogP contribution in [-0.4, -0.2) is 21.9 Å². The van der Waals surface area contributed by atoms with E-state index >= 15 is 0 Å². The molecule has 1 N–H and O–H groups in total. The largest absolute Gasteiger partial charge is 0.444 e. The fraction of sp³-hybridized carbons (Fsp3) is 0.733. The highest BCUT2D eigenvalue weighted by Gasteiger charge is 2.18. The lowest BCUT2D eigenvalue weighted by Gasteiger charge is -2.19. The summed E-state index contributed by atoms with van der Waals surface area (Å²) >= 11 is 3.61. The van der Waals surface area contributed by atoms with Gasteiger partial charge in [-0.2, -0.15) is 0 Å². The Bertz CT molecular complexity index is 462. The summed E-state index contributed by atoms with van der Waals surface area (Å²) in [4.78, 5) is 16.0. The first-order valence-electron chi connectivity index (χ1n) is 7.50. The zero-order chi connectivity index (χ0) is 15.3. The van der Waals surface area contributed by atoms with E-state index in [1.165, 1.54) is 36.3 Å². The maximum Gasteiger partial charge on any atom is 0.408 e. The highest BCUT2D eigenvalue weighted by molar-refractivity contribution is 8.01. The van der Waals surface area contributed by atoms with Crippen LogP contribution in [0.5, 0.6) is 0 Å². The summed E-state index contributed by atoms with van der Waals surface area (Å²) in [7, 11) is 0. The first-order valence-corrected chi connectivity index (χ1v) is 9.20. The average molecular weight is 329 g/mol. The molecule has 0 saturated heterocycles. The third-order valence-electron chi connectivity index (χ3n) is 3.15. The van der Waals surface area contributed by atoms with Crippen molar-refractivity contribution in [1.29, 1.82) is 0 Å². The summed E-state index contributed by atoms with van der Waals surface area (Å²) in [6.07, 6.45) is 8.25. The van der Waals surface area contributed by atoms with Gasteiger partial charge in [-0.25, -0.2) is 9.78 Å². The van der Waals surface area contributed by atoms with Gasteiger partial charge in [0.25, 0.3) is 0 Å². The Morgan fingerprint density at radius 1 is 1.43 bits per heavy atom. The Morgan fingerprint density at radius 3 is 2.81 bits per heavy atom. The van der Waals surface area contributed by atoms with Crippen molar-refractivity contribution in [2.24, 2.45) is 0 Å². The number of aromatic nitrogens is 1. The fourth-order valence-corrected chi connectivity index (χ4v) is 4.73. The molecule has 6 heteroatoms. The van der Waals surface area contributed by atoms with Crippen molar-refractivity contribution < 1.29 is 9.53 Å². The number of hydrogen-bond acceptors (Lipinski definition) is 5. The van der Waals surface area contributed by atoms with E-state index in [-0.39, 0.29) is 6.09 Å². The van der Waals surface area contributed by atoms with Crippen LogP contribution in [0.2, 0.25) is 0 Å². The molecule has 0 radical (unpaired) electrons.